The van der Waals surface area contributed by atoms with Crippen LogP contribution in [0, 0.1) is 0 Å². The molecule has 0 atom stereocenters. The number of benzene rings is 1. The van der Waals surface area contributed by atoms with E-state index in [9.17, 15) is 0 Å². The summed E-state index contributed by atoms with van der Waals surface area (Å²) in [5.74, 6) is 1.59. The van der Waals surface area contributed by atoms with Gasteiger partial charge in [0.25, 0.3) is 0 Å². The molecule has 0 aliphatic heterocycles. The number of nitrogens with zero attached hydrogens (tertiary/aromatic N) is 4. The lowest BCUT2D eigenvalue weighted by Crippen LogP contribution is -2.35. The quantitative estimate of drug-likeness (QED) is 0.904. The second-order valence-electron chi connectivity index (χ2n) is 5.31. The van der Waals surface area contributed by atoms with E-state index in [1.54, 1.807) is 11.8 Å². The number of hydrogen-bond donors (Lipinski definition) is 1. The molecule has 0 bridgehead atoms. The van der Waals surface area contributed by atoms with Crippen molar-refractivity contribution in [1.29, 1.82) is 0 Å². The molecule has 0 unspecified atom stereocenters. The summed E-state index contributed by atoms with van der Waals surface area (Å²) in [6.07, 6.45) is 0. The van der Waals surface area contributed by atoms with Gasteiger partial charge in [-0.05, 0) is 55.5 Å². The average molecular weight is 261 g/mol. The van der Waals surface area contributed by atoms with Gasteiger partial charge in [0.2, 0.25) is 0 Å². The lowest BCUT2D eigenvalue weighted by Gasteiger charge is -2.19. The van der Waals surface area contributed by atoms with E-state index in [1.807, 2.05) is 24.3 Å². The van der Waals surface area contributed by atoms with Crippen LogP contribution in [-0.2, 0) is 6.54 Å². The van der Waals surface area contributed by atoms with Crippen LogP contribution in [0.1, 0.15) is 26.6 Å². The summed E-state index contributed by atoms with van der Waals surface area (Å²) in [6, 6.07) is 7.63. The number of rotatable bonds is 4. The number of nitrogens with one attached hydrogen (secondary N) is 1. The first-order valence-electron chi connectivity index (χ1n) is 6.16. The third-order valence-electron chi connectivity index (χ3n) is 2.63. The van der Waals surface area contributed by atoms with Gasteiger partial charge in [0.1, 0.15) is 5.75 Å². The predicted molar refractivity (Wildman–Crippen MR) is 72.3 cm³/mol. The highest BCUT2D eigenvalue weighted by atomic mass is 16.5. The number of hydrogen-bond acceptors (Lipinski definition) is 5. The highest BCUT2D eigenvalue weighted by molar-refractivity contribution is 5.36. The molecule has 0 spiro atoms. The molecule has 6 nitrogen and oxygen atoms in total. The van der Waals surface area contributed by atoms with Crippen molar-refractivity contribution in [2.75, 3.05) is 7.11 Å². The lowest BCUT2D eigenvalue weighted by atomic mass is 10.1. The largest absolute Gasteiger partial charge is 0.497 e. The molecular formula is C13H19N5O. The first kappa shape index (κ1) is 13.5. The van der Waals surface area contributed by atoms with Crippen molar-refractivity contribution in [2.24, 2.45) is 0 Å². The van der Waals surface area contributed by atoms with E-state index in [2.05, 4.69) is 41.6 Å². The number of aromatic nitrogens is 4. The molecule has 0 aliphatic rings. The summed E-state index contributed by atoms with van der Waals surface area (Å²) in [5.41, 5.74) is 0.938. The number of methoxy groups -OCH3 is 1. The van der Waals surface area contributed by atoms with Crippen LogP contribution in [-0.4, -0.2) is 32.9 Å². The van der Waals surface area contributed by atoms with Gasteiger partial charge in [0.05, 0.1) is 19.3 Å². The van der Waals surface area contributed by atoms with E-state index < -0.39 is 0 Å². The topological polar surface area (TPSA) is 64.9 Å². The highest BCUT2D eigenvalue weighted by Crippen LogP contribution is 2.15. The van der Waals surface area contributed by atoms with Crippen LogP contribution in [0.5, 0.6) is 5.75 Å². The van der Waals surface area contributed by atoms with E-state index in [4.69, 9.17) is 4.74 Å². The molecule has 1 heterocycles. The van der Waals surface area contributed by atoms with Gasteiger partial charge >= 0.3 is 0 Å². The van der Waals surface area contributed by atoms with E-state index >= 15 is 0 Å². The van der Waals surface area contributed by atoms with Gasteiger partial charge < -0.3 is 10.1 Å². The molecule has 1 N–H and O–H groups in total. The van der Waals surface area contributed by atoms with Crippen molar-refractivity contribution in [3.8, 4) is 11.4 Å². The number of ether oxygens (including phenoxy) is 1. The predicted octanol–water partition coefficient (Wildman–Crippen LogP) is 1.56. The summed E-state index contributed by atoms with van der Waals surface area (Å²) in [7, 11) is 1.64. The van der Waals surface area contributed by atoms with Crippen molar-refractivity contribution in [3.63, 3.8) is 0 Å². The van der Waals surface area contributed by atoms with Gasteiger partial charge in [-0.3, -0.25) is 0 Å². The van der Waals surface area contributed by atoms with Crippen molar-refractivity contribution < 1.29 is 4.74 Å². The molecule has 0 amide bonds. The Morgan fingerprint density at radius 1 is 1.21 bits per heavy atom. The Morgan fingerprint density at radius 2 is 1.89 bits per heavy atom. The molecule has 2 rings (SSSR count). The van der Waals surface area contributed by atoms with Gasteiger partial charge in [-0.2, -0.15) is 4.68 Å². The molecule has 19 heavy (non-hydrogen) atoms. The molecule has 6 heteroatoms. The summed E-state index contributed by atoms with van der Waals surface area (Å²) in [5, 5.41) is 15.2. The Labute approximate surface area is 112 Å². The van der Waals surface area contributed by atoms with Gasteiger partial charge in [-0.15, -0.1) is 5.10 Å². The van der Waals surface area contributed by atoms with Crippen molar-refractivity contribution >= 4 is 0 Å². The first-order chi connectivity index (χ1) is 8.99. The summed E-state index contributed by atoms with van der Waals surface area (Å²) in [6.45, 7) is 6.93. The molecule has 0 radical (unpaired) electrons. The van der Waals surface area contributed by atoms with E-state index in [0.29, 0.717) is 6.54 Å². The van der Waals surface area contributed by atoms with Crippen molar-refractivity contribution in [2.45, 2.75) is 32.9 Å². The molecule has 0 aliphatic carbocycles. The van der Waals surface area contributed by atoms with Crippen LogP contribution in [0.3, 0.4) is 0 Å². The zero-order valence-electron chi connectivity index (χ0n) is 11.7. The summed E-state index contributed by atoms with van der Waals surface area (Å²) < 4.78 is 6.86. The third kappa shape index (κ3) is 3.51. The summed E-state index contributed by atoms with van der Waals surface area (Å²) >= 11 is 0. The standard InChI is InChI=1S/C13H19N5O/c1-13(2,3)14-9-12-15-16-17-18(12)10-5-7-11(19-4)8-6-10/h5-8,14H,9H2,1-4H3. The second-order valence-corrected chi connectivity index (χ2v) is 5.31. The van der Waals surface area contributed by atoms with Crippen LogP contribution in [0.4, 0.5) is 0 Å². The normalized spacial score (nSPS) is 11.6. The summed E-state index contributed by atoms with van der Waals surface area (Å²) in [4.78, 5) is 0. The maximum absolute atomic E-state index is 5.14. The molecule has 1 aromatic heterocycles. The molecule has 0 saturated carbocycles. The molecule has 102 valence electrons. The lowest BCUT2D eigenvalue weighted by molar-refractivity contribution is 0.413. The van der Waals surface area contributed by atoms with Gasteiger partial charge in [-0.1, -0.05) is 0 Å². The maximum atomic E-state index is 5.14. The highest BCUT2D eigenvalue weighted by Gasteiger charge is 2.13. The Hall–Kier alpha value is -1.95. The zero-order valence-corrected chi connectivity index (χ0v) is 11.7. The molecular weight excluding hydrogens is 242 g/mol. The zero-order chi connectivity index (χ0) is 13.9. The monoisotopic (exact) mass is 261 g/mol. The maximum Gasteiger partial charge on any atom is 0.170 e. The SMILES string of the molecule is COc1ccc(-n2nnnc2CNC(C)(C)C)cc1. The van der Waals surface area contributed by atoms with Crippen LogP contribution in [0.2, 0.25) is 0 Å². The fourth-order valence-corrected chi connectivity index (χ4v) is 1.58. The molecule has 0 saturated heterocycles. The van der Waals surface area contributed by atoms with Crippen LogP contribution in [0.15, 0.2) is 24.3 Å². The fourth-order valence-electron chi connectivity index (χ4n) is 1.58. The smallest absolute Gasteiger partial charge is 0.170 e. The molecule has 0 fully saturated rings. The first-order valence-corrected chi connectivity index (χ1v) is 6.16. The van der Waals surface area contributed by atoms with Crippen LogP contribution < -0.4 is 10.1 Å². The third-order valence-corrected chi connectivity index (χ3v) is 2.63. The van der Waals surface area contributed by atoms with Gasteiger partial charge in [0.15, 0.2) is 5.82 Å². The van der Waals surface area contributed by atoms with E-state index in [-0.39, 0.29) is 5.54 Å². The van der Waals surface area contributed by atoms with Crippen LogP contribution in [0.25, 0.3) is 5.69 Å². The van der Waals surface area contributed by atoms with E-state index in [1.165, 1.54) is 0 Å². The molecule has 2 aromatic rings. The Balaban J connectivity index is 2.18. The van der Waals surface area contributed by atoms with Crippen molar-refractivity contribution in [3.05, 3.63) is 30.1 Å². The Kier molecular flexibility index (Phi) is 3.80. The Bertz CT molecular complexity index is 527. The van der Waals surface area contributed by atoms with Gasteiger partial charge in [-0.25, -0.2) is 0 Å². The van der Waals surface area contributed by atoms with E-state index in [0.717, 1.165) is 17.3 Å². The minimum atomic E-state index is 0.0245. The Morgan fingerprint density at radius 3 is 2.47 bits per heavy atom. The average Bonchev–Trinajstić information content (AvgIpc) is 2.84. The number of tetrazole rings is 1. The minimum absolute atomic E-state index is 0.0245. The minimum Gasteiger partial charge on any atom is -0.497 e. The van der Waals surface area contributed by atoms with Crippen LogP contribution >= 0.6 is 0 Å². The fraction of sp³-hybridized carbons (Fsp3) is 0.462. The van der Waals surface area contributed by atoms with Gasteiger partial charge in [0, 0.05) is 5.54 Å². The molecule has 1 aromatic carbocycles. The second kappa shape index (κ2) is 5.36. The van der Waals surface area contributed by atoms with Crippen molar-refractivity contribution in [1.82, 2.24) is 25.5 Å².